The Hall–Kier alpha value is -1.60. The van der Waals surface area contributed by atoms with Crippen LogP contribution in [-0.4, -0.2) is 8.80 Å². The second-order valence-electron chi connectivity index (χ2n) is 5.50. The molecule has 0 aromatic heterocycles. The minimum absolute atomic E-state index is 0.851. The summed E-state index contributed by atoms with van der Waals surface area (Å²) in [7, 11) is -0.851. The van der Waals surface area contributed by atoms with Crippen molar-refractivity contribution in [2.45, 2.75) is 40.5 Å². The second kappa shape index (κ2) is 7.42. The largest absolute Gasteiger partial charge is 0.150 e. The molecule has 0 atom stereocenters. The van der Waals surface area contributed by atoms with Crippen LogP contribution in [0.15, 0.2) is 59.8 Å². The van der Waals surface area contributed by atoms with Gasteiger partial charge in [0.1, 0.15) is 0 Å². The van der Waals surface area contributed by atoms with Gasteiger partial charge in [-0.25, -0.2) is 0 Å². The Morgan fingerprint density at radius 3 is 2.05 bits per heavy atom. The van der Waals surface area contributed by atoms with Gasteiger partial charge in [0.25, 0.3) is 0 Å². The molecule has 0 aliphatic rings. The number of rotatable bonds is 5. The summed E-state index contributed by atoms with van der Waals surface area (Å²) in [4.78, 5) is 0. The van der Waals surface area contributed by atoms with Crippen molar-refractivity contribution in [1.29, 1.82) is 0 Å². The van der Waals surface area contributed by atoms with Crippen molar-refractivity contribution in [3.8, 4) is 0 Å². The third kappa shape index (κ3) is 3.54. The molecule has 0 fully saturated rings. The molecule has 0 spiro atoms. The van der Waals surface area contributed by atoms with Gasteiger partial charge in [0.2, 0.25) is 0 Å². The van der Waals surface area contributed by atoms with E-state index in [0.717, 1.165) is 12.8 Å². The lowest BCUT2D eigenvalue weighted by Crippen LogP contribution is -2.46. The van der Waals surface area contributed by atoms with Gasteiger partial charge in [-0.3, -0.25) is 0 Å². The van der Waals surface area contributed by atoms with Crippen LogP contribution in [0.1, 0.15) is 37.8 Å². The minimum Gasteiger partial charge on any atom is -0.0890 e. The molecule has 0 saturated heterocycles. The van der Waals surface area contributed by atoms with Crippen LogP contribution < -0.4 is 10.4 Å². The topological polar surface area (TPSA) is 0 Å². The molecule has 1 heteroatoms. The van der Waals surface area contributed by atoms with E-state index in [4.69, 9.17) is 0 Å². The maximum atomic E-state index is 2.45. The van der Waals surface area contributed by atoms with E-state index in [2.05, 4.69) is 82.3 Å². The molecule has 2 aromatic carbocycles. The molecule has 0 unspecified atom stereocenters. The van der Waals surface area contributed by atoms with Crippen molar-refractivity contribution in [3.63, 3.8) is 0 Å². The van der Waals surface area contributed by atoms with Crippen LogP contribution in [0.3, 0.4) is 0 Å². The first-order valence-corrected chi connectivity index (χ1v) is 9.37. The molecule has 2 aromatic rings. The molecule has 0 aliphatic heterocycles. The molecule has 0 nitrogen and oxygen atoms in total. The standard InChI is InChI=1S/C20H25Si/c1-5-11-18(6-2)21(19-14-8-7-9-15-19)20-16(3)12-10-13-17(20)4/h7-15H,5-6H2,1-4H3/b18-11+. The van der Waals surface area contributed by atoms with Crippen LogP contribution in [0.2, 0.25) is 0 Å². The first kappa shape index (κ1) is 15.8. The molecule has 0 amide bonds. The fourth-order valence-corrected chi connectivity index (χ4v) is 6.20. The Balaban J connectivity index is 2.64. The molecule has 1 radical (unpaired) electrons. The van der Waals surface area contributed by atoms with Gasteiger partial charge < -0.3 is 0 Å². The van der Waals surface area contributed by atoms with Gasteiger partial charge in [0.05, 0.1) is 0 Å². The highest BCUT2D eigenvalue weighted by Crippen LogP contribution is 2.13. The lowest BCUT2D eigenvalue weighted by Gasteiger charge is -2.23. The summed E-state index contributed by atoms with van der Waals surface area (Å²) in [6.45, 7) is 9.05. The molecule has 0 N–H and O–H groups in total. The van der Waals surface area contributed by atoms with E-state index in [1.807, 2.05) is 0 Å². The summed E-state index contributed by atoms with van der Waals surface area (Å²) in [6, 6.07) is 17.8. The van der Waals surface area contributed by atoms with Crippen molar-refractivity contribution in [1.82, 2.24) is 0 Å². The van der Waals surface area contributed by atoms with Crippen molar-refractivity contribution < 1.29 is 0 Å². The molecular formula is C20H25Si. The highest BCUT2D eigenvalue weighted by atomic mass is 28.3. The summed E-state index contributed by atoms with van der Waals surface area (Å²) in [5.41, 5.74) is 2.87. The maximum Gasteiger partial charge on any atom is 0.150 e. The summed E-state index contributed by atoms with van der Waals surface area (Å²) < 4.78 is 0. The van der Waals surface area contributed by atoms with Gasteiger partial charge in [-0.05, 0) is 31.9 Å². The third-order valence-electron chi connectivity index (χ3n) is 3.95. The van der Waals surface area contributed by atoms with Gasteiger partial charge in [0, 0.05) is 0 Å². The molecule has 0 aliphatic carbocycles. The van der Waals surface area contributed by atoms with Gasteiger partial charge in [-0.15, -0.1) is 0 Å². The Bertz CT molecular complexity index is 591. The number of hydrogen-bond donors (Lipinski definition) is 0. The predicted molar refractivity (Wildman–Crippen MR) is 96.0 cm³/mol. The third-order valence-corrected chi connectivity index (χ3v) is 7.35. The van der Waals surface area contributed by atoms with Crippen molar-refractivity contribution in [2.24, 2.45) is 0 Å². The first-order valence-electron chi connectivity index (χ1n) is 7.87. The zero-order chi connectivity index (χ0) is 15.2. The van der Waals surface area contributed by atoms with Crippen LogP contribution in [0.4, 0.5) is 0 Å². The second-order valence-corrected chi connectivity index (χ2v) is 7.97. The van der Waals surface area contributed by atoms with Gasteiger partial charge in [-0.1, -0.05) is 90.0 Å². The number of benzene rings is 2. The molecule has 0 bridgehead atoms. The van der Waals surface area contributed by atoms with E-state index >= 15 is 0 Å². The molecule has 109 valence electrons. The number of allylic oxidation sites excluding steroid dienone is 2. The van der Waals surface area contributed by atoms with E-state index in [9.17, 15) is 0 Å². The Morgan fingerprint density at radius 1 is 0.905 bits per heavy atom. The zero-order valence-corrected chi connectivity index (χ0v) is 14.6. The van der Waals surface area contributed by atoms with Gasteiger partial charge in [0.15, 0.2) is 8.80 Å². The van der Waals surface area contributed by atoms with Crippen LogP contribution in [0, 0.1) is 13.8 Å². The van der Waals surface area contributed by atoms with Crippen molar-refractivity contribution in [2.75, 3.05) is 0 Å². The quantitative estimate of drug-likeness (QED) is 0.725. The Kier molecular flexibility index (Phi) is 5.57. The van der Waals surface area contributed by atoms with E-state index in [1.54, 1.807) is 10.4 Å². The number of hydrogen-bond acceptors (Lipinski definition) is 0. The smallest absolute Gasteiger partial charge is 0.0890 e. The Morgan fingerprint density at radius 2 is 1.52 bits per heavy atom. The first-order chi connectivity index (χ1) is 10.2. The lowest BCUT2D eigenvalue weighted by atomic mass is 10.2. The highest BCUT2D eigenvalue weighted by Gasteiger charge is 2.23. The zero-order valence-electron chi connectivity index (χ0n) is 13.6. The van der Waals surface area contributed by atoms with Gasteiger partial charge in [-0.2, -0.15) is 0 Å². The van der Waals surface area contributed by atoms with Crippen LogP contribution in [-0.2, 0) is 0 Å². The molecule has 0 saturated carbocycles. The van der Waals surface area contributed by atoms with Crippen LogP contribution >= 0.6 is 0 Å². The average Bonchev–Trinajstić information content (AvgIpc) is 2.50. The summed E-state index contributed by atoms with van der Waals surface area (Å²) in [5, 5.41) is 4.71. The fourth-order valence-electron chi connectivity index (χ4n) is 2.97. The van der Waals surface area contributed by atoms with Crippen molar-refractivity contribution >= 4 is 19.2 Å². The Labute approximate surface area is 131 Å². The molecular weight excluding hydrogens is 268 g/mol. The van der Waals surface area contributed by atoms with Crippen LogP contribution in [0.25, 0.3) is 0 Å². The van der Waals surface area contributed by atoms with E-state index in [0.29, 0.717) is 0 Å². The van der Waals surface area contributed by atoms with E-state index < -0.39 is 8.80 Å². The lowest BCUT2D eigenvalue weighted by molar-refractivity contribution is 1.12. The molecule has 2 rings (SSSR count). The summed E-state index contributed by atoms with van der Waals surface area (Å²) >= 11 is 0. The average molecular weight is 294 g/mol. The molecule has 21 heavy (non-hydrogen) atoms. The van der Waals surface area contributed by atoms with E-state index in [-0.39, 0.29) is 0 Å². The van der Waals surface area contributed by atoms with Crippen LogP contribution in [0.5, 0.6) is 0 Å². The normalized spacial score (nSPS) is 12.0. The van der Waals surface area contributed by atoms with E-state index in [1.165, 1.54) is 16.3 Å². The minimum atomic E-state index is -0.851. The maximum absolute atomic E-state index is 2.45. The fraction of sp³-hybridized carbons (Fsp3) is 0.300. The van der Waals surface area contributed by atoms with Crippen molar-refractivity contribution in [3.05, 3.63) is 70.9 Å². The highest BCUT2D eigenvalue weighted by molar-refractivity contribution is 6.91. The summed E-state index contributed by atoms with van der Waals surface area (Å²) in [6.07, 6.45) is 4.72. The number of aryl methyl sites for hydroxylation is 2. The monoisotopic (exact) mass is 293 g/mol. The van der Waals surface area contributed by atoms with Gasteiger partial charge >= 0.3 is 0 Å². The predicted octanol–water partition coefficient (Wildman–Crippen LogP) is 4.20. The summed E-state index contributed by atoms with van der Waals surface area (Å²) in [5.74, 6) is 0. The SMILES string of the molecule is CC/C=C(\CC)[Si](c1ccccc1)c1c(C)cccc1C. The molecule has 0 heterocycles.